The number of carbonyl (C=O) groups is 1. The molecule has 2 aromatic rings. The second-order valence-corrected chi connectivity index (χ2v) is 3.21. The molecule has 82 valence electrons. The smallest absolute Gasteiger partial charge is 0.260 e. The van der Waals surface area contributed by atoms with E-state index in [1.807, 2.05) is 0 Å². The van der Waals surface area contributed by atoms with Crippen LogP contribution in [0.25, 0.3) is 0 Å². The van der Waals surface area contributed by atoms with Gasteiger partial charge in [-0.05, 0) is 19.1 Å². The number of nitrogens with zero attached hydrogens (tertiary/aromatic N) is 2. The molecule has 0 aliphatic carbocycles. The van der Waals surface area contributed by atoms with Gasteiger partial charge in [-0.1, -0.05) is 6.07 Å². The zero-order valence-electron chi connectivity index (χ0n) is 8.49. The van der Waals surface area contributed by atoms with E-state index in [2.05, 4.69) is 20.5 Å². The number of carbonyl (C=O) groups excluding carboxylic acids is 1. The van der Waals surface area contributed by atoms with Crippen LogP contribution in [-0.4, -0.2) is 21.1 Å². The van der Waals surface area contributed by atoms with E-state index in [0.29, 0.717) is 11.3 Å². The lowest BCUT2D eigenvalue weighted by molar-refractivity contribution is 0.102. The molecule has 1 amide bonds. The molecule has 0 fully saturated rings. The molecule has 0 radical (unpaired) electrons. The first-order valence-corrected chi connectivity index (χ1v) is 4.60. The van der Waals surface area contributed by atoms with Crippen molar-refractivity contribution in [3.05, 3.63) is 41.6 Å². The Morgan fingerprint density at radius 1 is 1.50 bits per heavy atom. The molecule has 0 atom stereocenters. The average molecular weight is 220 g/mol. The van der Waals surface area contributed by atoms with Gasteiger partial charge in [-0.2, -0.15) is 9.49 Å². The molecule has 5 nitrogen and oxygen atoms in total. The van der Waals surface area contributed by atoms with Crippen LogP contribution in [0.3, 0.4) is 0 Å². The summed E-state index contributed by atoms with van der Waals surface area (Å²) in [6.07, 6.45) is 1.41. The van der Waals surface area contributed by atoms with Crippen LogP contribution in [0.4, 0.5) is 10.2 Å². The molecular formula is C10H9FN4O. The van der Waals surface area contributed by atoms with Gasteiger partial charge in [0.15, 0.2) is 0 Å². The van der Waals surface area contributed by atoms with Gasteiger partial charge in [-0.3, -0.25) is 9.89 Å². The second kappa shape index (κ2) is 4.09. The molecule has 0 aliphatic rings. The largest absolute Gasteiger partial charge is 0.306 e. The van der Waals surface area contributed by atoms with Crippen LogP contribution in [-0.2, 0) is 0 Å². The number of rotatable bonds is 2. The fraction of sp³-hybridized carbons (Fsp3) is 0.100. The number of pyridine rings is 1. The van der Waals surface area contributed by atoms with E-state index in [9.17, 15) is 9.18 Å². The van der Waals surface area contributed by atoms with Crippen molar-refractivity contribution in [2.24, 2.45) is 0 Å². The van der Waals surface area contributed by atoms with Crippen molar-refractivity contribution in [2.45, 2.75) is 6.92 Å². The van der Waals surface area contributed by atoms with Crippen molar-refractivity contribution < 1.29 is 9.18 Å². The summed E-state index contributed by atoms with van der Waals surface area (Å²) in [5.74, 6) is -0.836. The van der Waals surface area contributed by atoms with Gasteiger partial charge in [0, 0.05) is 5.69 Å². The van der Waals surface area contributed by atoms with E-state index in [4.69, 9.17) is 0 Å². The quantitative estimate of drug-likeness (QED) is 0.753. The Kier molecular flexibility index (Phi) is 2.63. The number of aryl methyl sites for hydroxylation is 1. The summed E-state index contributed by atoms with van der Waals surface area (Å²) >= 11 is 0. The van der Waals surface area contributed by atoms with Crippen molar-refractivity contribution in [3.8, 4) is 0 Å². The predicted molar refractivity (Wildman–Crippen MR) is 55.5 cm³/mol. The zero-order valence-corrected chi connectivity index (χ0v) is 8.49. The molecule has 0 bridgehead atoms. The van der Waals surface area contributed by atoms with Gasteiger partial charge < -0.3 is 5.32 Å². The molecule has 0 spiro atoms. The normalized spacial score (nSPS) is 10.1. The average Bonchev–Trinajstić information content (AvgIpc) is 2.64. The van der Waals surface area contributed by atoms with Crippen molar-refractivity contribution in [1.29, 1.82) is 0 Å². The van der Waals surface area contributed by atoms with Crippen LogP contribution >= 0.6 is 0 Å². The summed E-state index contributed by atoms with van der Waals surface area (Å²) in [6.45, 7) is 1.72. The van der Waals surface area contributed by atoms with Gasteiger partial charge in [0.1, 0.15) is 5.82 Å². The molecular weight excluding hydrogens is 211 g/mol. The monoisotopic (exact) mass is 220 g/mol. The zero-order chi connectivity index (χ0) is 11.5. The minimum absolute atomic E-state index is 0.172. The van der Waals surface area contributed by atoms with Gasteiger partial charge in [0.2, 0.25) is 5.95 Å². The Morgan fingerprint density at radius 2 is 2.31 bits per heavy atom. The standard InChI is InChI=1S/C10H9FN4O/c1-6-7(5-12-15-6)10(16)14-9-4-2-3-8(11)13-9/h2-5H,1H3,(H,12,15)(H,13,14,16). The van der Waals surface area contributed by atoms with Gasteiger partial charge in [-0.15, -0.1) is 0 Å². The number of halogens is 1. The Morgan fingerprint density at radius 3 is 2.94 bits per heavy atom. The molecule has 0 aromatic carbocycles. The van der Waals surface area contributed by atoms with Crippen LogP contribution in [0.2, 0.25) is 0 Å². The summed E-state index contributed by atoms with van der Waals surface area (Å²) in [6, 6.07) is 4.19. The Bertz CT molecular complexity index is 523. The number of nitrogens with one attached hydrogen (secondary N) is 2. The summed E-state index contributed by atoms with van der Waals surface area (Å²) < 4.78 is 12.8. The molecule has 6 heteroatoms. The summed E-state index contributed by atoms with van der Waals surface area (Å²) in [4.78, 5) is 15.2. The lowest BCUT2D eigenvalue weighted by atomic mass is 10.2. The Hall–Kier alpha value is -2.24. The van der Waals surface area contributed by atoms with Crippen LogP contribution in [0.15, 0.2) is 24.4 Å². The maximum absolute atomic E-state index is 12.8. The van der Waals surface area contributed by atoms with Gasteiger partial charge >= 0.3 is 0 Å². The first kappa shape index (κ1) is 10.3. The highest BCUT2D eigenvalue weighted by Crippen LogP contribution is 2.08. The molecule has 16 heavy (non-hydrogen) atoms. The van der Waals surface area contributed by atoms with Crippen molar-refractivity contribution in [1.82, 2.24) is 15.2 Å². The number of anilines is 1. The van der Waals surface area contributed by atoms with Crippen molar-refractivity contribution in [3.63, 3.8) is 0 Å². The second-order valence-electron chi connectivity index (χ2n) is 3.21. The molecule has 0 unspecified atom stereocenters. The molecule has 2 heterocycles. The molecule has 0 saturated carbocycles. The highest BCUT2D eigenvalue weighted by atomic mass is 19.1. The number of hydrogen-bond donors (Lipinski definition) is 2. The van der Waals surface area contributed by atoms with Crippen molar-refractivity contribution >= 4 is 11.7 Å². The van der Waals surface area contributed by atoms with Gasteiger partial charge in [0.25, 0.3) is 5.91 Å². The van der Waals surface area contributed by atoms with E-state index < -0.39 is 5.95 Å². The fourth-order valence-corrected chi connectivity index (χ4v) is 1.24. The topological polar surface area (TPSA) is 70.7 Å². The lowest BCUT2D eigenvalue weighted by Gasteiger charge is -2.02. The third-order valence-corrected chi connectivity index (χ3v) is 2.03. The Labute approximate surface area is 90.7 Å². The maximum Gasteiger partial charge on any atom is 0.260 e. The van der Waals surface area contributed by atoms with Crippen LogP contribution in [0, 0.1) is 12.9 Å². The summed E-state index contributed by atoms with van der Waals surface area (Å²) in [5, 5.41) is 8.84. The number of hydrogen-bond acceptors (Lipinski definition) is 3. The molecule has 2 N–H and O–H groups in total. The van der Waals surface area contributed by atoms with E-state index >= 15 is 0 Å². The van der Waals surface area contributed by atoms with E-state index in [0.717, 1.165) is 0 Å². The number of aromatic nitrogens is 3. The van der Waals surface area contributed by atoms with Crippen molar-refractivity contribution in [2.75, 3.05) is 5.32 Å². The third kappa shape index (κ3) is 2.05. The molecule has 0 saturated heterocycles. The highest BCUT2D eigenvalue weighted by molar-refractivity contribution is 6.04. The first-order valence-electron chi connectivity index (χ1n) is 4.60. The predicted octanol–water partition coefficient (Wildman–Crippen LogP) is 1.50. The fourth-order valence-electron chi connectivity index (χ4n) is 1.24. The molecule has 2 aromatic heterocycles. The first-order chi connectivity index (χ1) is 7.66. The number of H-pyrrole nitrogens is 1. The van der Waals surface area contributed by atoms with Crippen LogP contribution in [0.5, 0.6) is 0 Å². The molecule has 0 aliphatic heterocycles. The summed E-state index contributed by atoms with van der Waals surface area (Å²) in [5.41, 5.74) is 1.06. The minimum atomic E-state index is -0.637. The van der Waals surface area contributed by atoms with E-state index in [1.54, 1.807) is 6.92 Å². The van der Waals surface area contributed by atoms with E-state index in [-0.39, 0.29) is 11.7 Å². The van der Waals surface area contributed by atoms with Gasteiger partial charge in [-0.25, -0.2) is 4.98 Å². The van der Waals surface area contributed by atoms with Gasteiger partial charge in [0.05, 0.1) is 11.8 Å². The maximum atomic E-state index is 12.8. The molecule has 2 rings (SSSR count). The lowest BCUT2D eigenvalue weighted by Crippen LogP contribution is -2.13. The SMILES string of the molecule is Cc1[nH]ncc1C(=O)Nc1cccc(F)n1. The highest BCUT2D eigenvalue weighted by Gasteiger charge is 2.11. The van der Waals surface area contributed by atoms with Crippen LogP contribution in [0.1, 0.15) is 16.1 Å². The van der Waals surface area contributed by atoms with Crippen LogP contribution < -0.4 is 5.32 Å². The minimum Gasteiger partial charge on any atom is -0.306 e. The van der Waals surface area contributed by atoms with E-state index in [1.165, 1.54) is 24.4 Å². The third-order valence-electron chi connectivity index (χ3n) is 2.03. The Balaban J connectivity index is 2.17. The number of aromatic amines is 1. The number of amides is 1. The summed E-state index contributed by atoms with van der Waals surface area (Å²) in [7, 11) is 0.